The SMILES string of the molecule is Cc1[nH]n(-c2ccc(F)cc2)c(=O)c1CCC(=O)N[C@@H]1CCSc2c(F)cccc21. The third-order valence-corrected chi connectivity index (χ3v) is 6.40. The lowest BCUT2D eigenvalue weighted by Gasteiger charge is -2.26. The van der Waals surface area contributed by atoms with Gasteiger partial charge in [0, 0.05) is 28.3 Å². The number of carbonyl (C=O) groups is 1. The number of fused-ring (bicyclic) bond motifs is 1. The molecule has 0 saturated heterocycles. The molecular formula is C22H21F2N3O2S. The summed E-state index contributed by atoms with van der Waals surface area (Å²) in [5, 5.41) is 5.96. The minimum absolute atomic E-state index is 0.144. The molecule has 0 fully saturated rings. The summed E-state index contributed by atoms with van der Waals surface area (Å²) in [4.78, 5) is 25.9. The molecule has 156 valence electrons. The molecule has 2 heterocycles. The van der Waals surface area contributed by atoms with Crippen LogP contribution in [-0.4, -0.2) is 21.4 Å². The number of aryl methyl sites for hydroxylation is 1. The summed E-state index contributed by atoms with van der Waals surface area (Å²) in [5.74, 6) is -0.0937. The predicted molar refractivity (Wildman–Crippen MR) is 112 cm³/mol. The second-order valence-corrected chi connectivity index (χ2v) is 8.35. The van der Waals surface area contributed by atoms with Gasteiger partial charge < -0.3 is 5.32 Å². The highest BCUT2D eigenvalue weighted by Gasteiger charge is 2.24. The van der Waals surface area contributed by atoms with Gasteiger partial charge in [-0.05, 0) is 55.7 Å². The van der Waals surface area contributed by atoms with Crippen LogP contribution in [0.3, 0.4) is 0 Å². The average Bonchev–Trinajstić information content (AvgIpc) is 3.01. The molecule has 2 aromatic carbocycles. The van der Waals surface area contributed by atoms with Gasteiger partial charge in [-0.3, -0.25) is 14.7 Å². The minimum atomic E-state index is -0.380. The van der Waals surface area contributed by atoms with Crippen LogP contribution < -0.4 is 10.9 Å². The molecule has 0 radical (unpaired) electrons. The second kappa shape index (κ2) is 8.47. The molecule has 30 heavy (non-hydrogen) atoms. The number of amides is 1. The van der Waals surface area contributed by atoms with E-state index in [2.05, 4.69) is 10.4 Å². The summed E-state index contributed by atoms with van der Waals surface area (Å²) < 4.78 is 28.5. The van der Waals surface area contributed by atoms with Crippen LogP contribution in [0.5, 0.6) is 0 Å². The number of aromatic amines is 1. The lowest BCUT2D eigenvalue weighted by atomic mass is 10.0. The standard InChI is InChI=1S/C22H21F2N3O2S/c1-13-16(22(29)27(26-13)15-7-5-14(23)6-8-15)9-10-20(28)25-19-11-12-30-21-17(19)3-2-4-18(21)24/h2-8,19,26H,9-12H2,1H3,(H,25,28)/t19-/m1/s1. The van der Waals surface area contributed by atoms with Crippen LogP contribution in [0.4, 0.5) is 8.78 Å². The van der Waals surface area contributed by atoms with Gasteiger partial charge in [0.2, 0.25) is 5.91 Å². The molecule has 5 nitrogen and oxygen atoms in total. The van der Waals surface area contributed by atoms with E-state index in [9.17, 15) is 18.4 Å². The van der Waals surface area contributed by atoms with Crippen molar-refractivity contribution in [3.63, 3.8) is 0 Å². The van der Waals surface area contributed by atoms with E-state index < -0.39 is 0 Å². The topological polar surface area (TPSA) is 66.9 Å². The highest BCUT2D eigenvalue weighted by molar-refractivity contribution is 7.99. The Labute approximate surface area is 176 Å². The molecule has 1 amide bonds. The van der Waals surface area contributed by atoms with Crippen LogP contribution in [0.2, 0.25) is 0 Å². The summed E-state index contributed by atoms with van der Waals surface area (Å²) in [6, 6.07) is 10.3. The van der Waals surface area contributed by atoms with Gasteiger partial charge >= 0.3 is 0 Å². The van der Waals surface area contributed by atoms with Crippen molar-refractivity contribution in [3.8, 4) is 5.69 Å². The van der Waals surface area contributed by atoms with E-state index in [-0.39, 0.29) is 42.0 Å². The maximum Gasteiger partial charge on any atom is 0.274 e. The molecule has 0 unspecified atom stereocenters. The van der Waals surface area contributed by atoms with Gasteiger partial charge in [0.15, 0.2) is 0 Å². The number of nitrogens with one attached hydrogen (secondary N) is 2. The first-order valence-corrected chi connectivity index (χ1v) is 10.7. The molecule has 1 aliphatic rings. The minimum Gasteiger partial charge on any atom is -0.349 e. The number of thioether (sulfide) groups is 1. The van der Waals surface area contributed by atoms with E-state index in [1.165, 1.54) is 46.8 Å². The molecule has 1 atom stereocenters. The largest absolute Gasteiger partial charge is 0.349 e. The quantitative estimate of drug-likeness (QED) is 0.643. The maximum atomic E-state index is 14.0. The monoisotopic (exact) mass is 429 g/mol. The Bertz CT molecular complexity index is 1140. The zero-order chi connectivity index (χ0) is 21.3. The molecule has 1 aliphatic heterocycles. The van der Waals surface area contributed by atoms with Crippen LogP contribution >= 0.6 is 11.8 Å². The van der Waals surface area contributed by atoms with Crippen molar-refractivity contribution in [1.29, 1.82) is 0 Å². The number of benzene rings is 2. The molecule has 0 saturated carbocycles. The van der Waals surface area contributed by atoms with Gasteiger partial charge in [-0.15, -0.1) is 11.8 Å². The van der Waals surface area contributed by atoms with Gasteiger partial charge in [0.25, 0.3) is 5.56 Å². The van der Waals surface area contributed by atoms with E-state index in [0.717, 1.165) is 17.7 Å². The predicted octanol–water partition coefficient (Wildman–Crippen LogP) is 4.04. The highest BCUT2D eigenvalue weighted by Crippen LogP contribution is 2.37. The van der Waals surface area contributed by atoms with Gasteiger partial charge in [-0.2, -0.15) is 0 Å². The van der Waals surface area contributed by atoms with Gasteiger partial charge in [-0.25, -0.2) is 13.5 Å². The van der Waals surface area contributed by atoms with Crippen molar-refractivity contribution in [1.82, 2.24) is 15.1 Å². The first kappa shape index (κ1) is 20.4. The fourth-order valence-corrected chi connectivity index (χ4v) is 4.83. The molecule has 1 aromatic heterocycles. The summed E-state index contributed by atoms with van der Waals surface area (Å²) in [6.45, 7) is 1.77. The highest BCUT2D eigenvalue weighted by atomic mass is 32.2. The fourth-order valence-electron chi connectivity index (χ4n) is 3.69. The fraction of sp³-hybridized carbons (Fsp3) is 0.273. The second-order valence-electron chi connectivity index (χ2n) is 7.25. The molecule has 0 aliphatic carbocycles. The van der Waals surface area contributed by atoms with Crippen molar-refractivity contribution in [2.75, 3.05) is 5.75 Å². The Morgan fingerprint density at radius 2 is 2.00 bits per heavy atom. The van der Waals surface area contributed by atoms with Crippen molar-refractivity contribution in [3.05, 3.63) is 81.3 Å². The zero-order valence-electron chi connectivity index (χ0n) is 16.4. The molecule has 0 spiro atoms. The number of H-pyrrole nitrogens is 1. The number of hydrogen-bond acceptors (Lipinski definition) is 3. The van der Waals surface area contributed by atoms with E-state index in [1.54, 1.807) is 13.0 Å². The van der Waals surface area contributed by atoms with E-state index in [4.69, 9.17) is 0 Å². The van der Waals surface area contributed by atoms with Crippen LogP contribution in [0.15, 0.2) is 52.2 Å². The van der Waals surface area contributed by atoms with Gasteiger partial charge in [0.1, 0.15) is 11.6 Å². The summed E-state index contributed by atoms with van der Waals surface area (Å²) in [5.41, 5.74) is 2.25. The summed E-state index contributed by atoms with van der Waals surface area (Å²) in [7, 11) is 0. The smallest absolute Gasteiger partial charge is 0.274 e. The maximum absolute atomic E-state index is 14.0. The number of rotatable bonds is 5. The third kappa shape index (κ3) is 4.05. The van der Waals surface area contributed by atoms with E-state index in [0.29, 0.717) is 21.8 Å². The molecule has 8 heteroatoms. The Balaban J connectivity index is 1.45. The van der Waals surface area contributed by atoms with Crippen molar-refractivity contribution in [2.24, 2.45) is 0 Å². The van der Waals surface area contributed by atoms with Gasteiger partial charge in [-0.1, -0.05) is 12.1 Å². The van der Waals surface area contributed by atoms with Gasteiger partial charge in [0.05, 0.1) is 11.7 Å². The van der Waals surface area contributed by atoms with Crippen LogP contribution in [0, 0.1) is 18.6 Å². The Hall–Kier alpha value is -2.87. The third-order valence-electron chi connectivity index (χ3n) is 5.24. The summed E-state index contributed by atoms with van der Waals surface area (Å²) >= 11 is 1.46. The van der Waals surface area contributed by atoms with Crippen molar-refractivity contribution >= 4 is 17.7 Å². The number of halogens is 2. The summed E-state index contributed by atoms with van der Waals surface area (Å²) in [6.07, 6.45) is 1.15. The first-order chi connectivity index (χ1) is 14.4. The first-order valence-electron chi connectivity index (χ1n) is 9.71. The number of hydrogen-bond donors (Lipinski definition) is 2. The van der Waals surface area contributed by atoms with Crippen molar-refractivity contribution < 1.29 is 13.6 Å². The van der Waals surface area contributed by atoms with Crippen LogP contribution in [0.1, 0.15) is 35.7 Å². The Morgan fingerprint density at radius 3 is 2.77 bits per heavy atom. The number of aromatic nitrogens is 2. The van der Waals surface area contributed by atoms with E-state index >= 15 is 0 Å². The van der Waals surface area contributed by atoms with Crippen LogP contribution in [0.25, 0.3) is 5.69 Å². The normalized spacial score (nSPS) is 15.6. The van der Waals surface area contributed by atoms with Crippen molar-refractivity contribution in [2.45, 2.75) is 37.1 Å². The van der Waals surface area contributed by atoms with E-state index in [1.807, 2.05) is 6.07 Å². The lowest BCUT2D eigenvalue weighted by Crippen LogP contribution is -2.31. The number of carbonyl (C=O) groups excluding carboxylic acids is 1. The molecule has 0 bridgehead atoms. The lowest BCUT2D eigenvalue weighted by molar-refractivity contribution is -0.121. The zero-order valence-corrected chi connectivity index (χ0v) is 17.2. The van der Waals surface area contributed by atoms with Crippen LogP contribution in [-0.2, 0) is 11.2 Å². The Kier molecular flexibility index (Phi) is 5.76. The Morgan fingerprint density at radius 1 is 1.23 bits per heavy atom. The average molecular weight is 429 g/mol. The molecular weight excluding hydrogens is 408 g/mol. The molecule has 2 N–H and O–H groups in total. The molecule has 4 rings (SSSR count). The molecule has 3 aromatic rings. The number of nitrogens with zero attached hydrogens (tertiary/aromatic N) is 1.